The van der Waals surface area contributed by atoms with Crippen LogP contribution in [-0.2, 0) is 6.54 Å². The Bertz CT molecular complexity index is 405. The lowest BCUT2D eigenvalue weighted by atomic mass is 9.86. The molecule has 3 nitrogen and oxygen atoms in total. The number of aryl methyl sites for hydroxylation is 1. The molecule has 0 aliphatic carbocycles. The molecule has 1 aromatic rings. The third kappa shape index (κ3) is 6.58. The van der Waals surface area contributed by atoms with Crippen LogP contribution in [0, 0.1) is 12.3 Å². The normalized spacial score (nSPS) is 14.4. The lowest BCUT2D eigenvalue weighted by Crippen LogP contribution is -2.42. The first-order chi connectivity index (χ1) is 10.0. The fourth-order valence-electron chi connectivity index (χ4n) is 2.60. The maximum atomic E-state index is 4.63. The minimum Gasteiger partial charge on any atom is -0.316 e. The molecular weight excluding hydrogens is 258 g/mol. The van der Waals surface area contributed by atoms with Gasteiger partial charge in [0.2, 0.25) is 0 Å². The number of hydrogen-bond acceptors (Lipinski definition) is 3. The van der Waals surface area contributed by atoms with Crippen LogP contribution in [0.2, 0.25) is 0 Å². The largest absolute Gasteiger partial charge is 0.316 e. The number of aromatic nitrogens is 1. The van der Waals surface area contributed by atoms with E-state index in [-0.39, 0.29) is 0 Å². The van der Waals surface area contributed by atoms with Crippen molar-refractivity contribution in [1.29, 1.82) is 0 Å². The van der Waals surface area contributed by atoms with Crippen molar-refractivity contribution in [3.05, 3.63) is 29.6 Å². The number of nitrogens with zero attached hydrogens (tertiary/aromatic N) is 2. The smallest absolute Gasteiger partial charge is 0.0547 e. The standard InChI is InChI=1S/C18H33N3/c1-6-12-19-14-18(5,7-2)15-21(8-3)13-17-11-9-10-16(4)20-17/h9-11,19H,6-8,12-15H2,1-5H3. The number of nitrogens with one attached hydrogen (secondary N) is 1. The Morgan fingerprint density at radius 2 is 2.00 bits per heavy atom. The molecule has 1 rings (SSSR count). The van der Waals surface area contributed by atoms with Crippen LogP contribution < -0.4 is 5.32 Å². The predicted octanol–water partition coefficient (Wildman–Crippen LogP) is 3.63. The summed E-state index contributed by atoms with van der Waals surface area (Å²) in [7, 11) is 0. The Morgan fingerprint density at radius 3 is 2.57 bits per heavy atom. The van der Waals surface area contributed by atoms with Crippen molar-refractivity contribution < 1.29 is 0 Å². The summed E-state index contributed by atoms with van der Waals surface area (Å²) >= 11 is 0. The number of rotatable bonds is 10. The van der Waals surface area contributed by atoms with Crippen molar-refractivity contribution in [1.82, 2.24) is 15.2 Å². The van der Waals surface area contributed by atoms with Crippen LogP contribution in [0.15, 0.2) is 18.2 Å². The Hall–Kier alpha value is -0.930. The molecule has 1 heterocycles. The van der Waals surface area contributed by atoms with E-state index in [0.29, 0.717) is 5.41 Å². The van der Waals surface area contributed by atoms with E-state index in [4.69, 9.17) is 0 Å². The van der Waals surface area contributed by atoms with Crippen molar-refractivity contribution in [3.63, 3.8) is 0 Å². The molecule has 1 unspecified atom stereocenters. The highest BCUT2D eigenvalue weighted by Crippen LogP contribution is 2.22. The Labute approximate surface area is 131 Å². The van der Waals surface area contributed by atoms with Crippen LogP contribution in [0.1, 0.15) is 51.9 Å². The predicted molar refractivity (Wildman–Crippen MR) is 91.5 cm³/mol. The summed E-state index contributed by atoms with van der Waals surface area (Å²) in [5.41, 5.74) is 2.61. The quantitative estimate of drug-likeness (QED) is 0.667. The van der Waals surface area contributed by atoms with E-state index < -0.39 is 0 Å². The summed E-state index contributed by atoms with van der Waals surface area (Å²) < 4.78 is 0. The highest BCUT2D eigenvalue weighted by molar-refractivity contribution is 5.09. The molecule has 0 bridgehead atoms. The van der Waals surface area contributed by atoms with Gasteiger partial charge in [0.1, 0.15) is 0 Å². The molecular formula is C18H33N3. The van der Waals surface area contributed by atoms with Crippen LogP contribution in [0.4, 0.5) is 0 Å². The molecule has 1 aromatic heterocycles. The zero-order valence-corrected chi connectivity index (χ0v) is 14.6. The summed E-state index contributed by atoms with van der Waals surface area (Å²) in [4.78, 5) is 7.15. The minimum absolute atomic E-state index is 0.328. The topological polar surface area (TPSA) is 28.2 Å². The molecule has 0 saturated heterocycles. The van der Waals surface area contributed by atoms with Crippen LogP contribution in [0.25, 0.3) is 0 Å². The average molecular weight is 291 g/mol. The molecule has 0 fully saturated rings. The maximum absolute atomic E-state index is 4.63. The first-order valence-electron chi connectivity index (χ1n) is 8.38. The van der Waals surface area contributed by atoms with E-state index >= 15 is 0 Å². The first-order valence-corrected chi connectivity index (χ1v) is 8.38. The van der Waals surface area contributed by atoms with Crippen molar-refractivity contribution in [2.75, 3.05) is 26.2 Å². The van der Waals surface area contributed by atoms with Crippen molar-refractivity contribution >= 4 is 0 Å². The summed E-state index contributed by atoms with van der Waals surface area (Å²) in [5, 5.41) is 3.59. The van der Waals surface area contributed by atoms with Gasteiger partial charge >= 0.3 is 0 Å². The summed E-state index contributed by atoms with van der Waals surface area (Å²) in [6, 6.07) is 6.30. The molecule has 120 valence electrons. The molecule has 0 saturated carbocycles. The SMILES string of the molecule is CCCNCC(C)(CC)CN(CC)Cc1cccc(C)n1. The molecule has 0 aliphatic heterocycles. The Kier molecular flexibility index (Phi) is 7.91. The molecule has 3 heteroatoms. The second kappa shape index (κ2) is 9.16. The van der Waals surface area contributed by atoms with Gasteiger partial charge in [-0.25, -0.2) is 0 Å². The van der Waals surface area contributed by atoms with Crippen molar-refractivity contribution in [2.24, 2.45) is 5.41 Å². The van der Waals surface area contributed by atoms with E-state index in [1.165, 1.54) is 18.5 Å². The molecule has 0 radical (unpaired) electrons. The van der Waals surface area contributed by atoms with E-state index in [0.717, 1.165) is 38.4 Å². The second-order valence-corrected chi connectivity index (χ2v) is 6.41. The van der Waals surface area contributed by atoms with Gasteiger partial charge in [-0.15, -0.1) is 0 Å². The van der Waals surface area contributed by atoms with Gasteiger partial charge in [-0.05, 0) is 50.4 Å². The van der Waals surface area contributed by atoms with Gasteiger partial charge in [-0.2, -0.15) is 0 Å². The third-order valence-electron chi connectivity index (χ3n) is 4.22. The fourth-order valence-corrected chi connectivity index (χ4v) is 2.60. The summed E-state index contributed by atoms with van der Waals surface area (Å²) in [5.74, 6) is 0. The van der Waals surface area contributed by atoms with Gasteiger partial charge in [0, 0.05) is 25.3 Å². The average Bonchev–Trinajstić information content (AvgIpc) is 2.47. The molecule has 0 amide bonds. The fraction of sp³-hybridized carbons (Fsp3) is 0.722. The van der Waals surface area contributed by atoms with Crippen LogP contribution in [-0.4, -0.2) is 36.1 Å². The van der Waals surface area contributed by atoms with E-state index in [1.807, 2.05) is 0 Å². The summed E-state index contributed by atoms with van der Waals surface area (Å²) in [6.07, 6.45) is 2.39. The zero-order chi connectivity index (χ0) is 15.7. The van der Waals surface area contributed by atoms with Crippen molar-refractivity contribution in [3.8, 4) is 0 Å². The van der Waals surface area contributed by atoms with E-state index in [9.17, 15) is 0 Å². The van der Waals surface area contributed by atoms with E-state index in [1.54, 1.807) is 0 Å². The molecule has 0 aliphatic rings. The first kappa shape index (κ1) is 18.1. The molecule has 21 heavy (non-hydrogen) atoms. The molecule has 0 aromatic carbocycles. The lowest BCUT2D eigenvalue weighted by molar-refractivity contribution is 0.153. The highest BCUT2D eigenvalue weighted by atomic mass is 15.1. The van der Waals surface area contributed by atoms with Gasteiger partial charge in [0.15, 0.2) is 0 Å². The maximum Gasteiger partial charge on any atom is 0.0547 e. The van der Waals surface area contributed by atoms with Gasteiger partial charge in [-0.3, -0.25) is 9.88 Å². The van der Waals surface area contributed by atoms with Gasteiger partial charge in [-0.1, -0.05) is 33.8 Å². The van der Waals surface area contributed by atoms with Gasteiger partial charge in [0.25, 0.3) is 0 Å². The monoisotopic (exact) mass is 291 g/mol. The third-order valence-corrected chi connectivity index (χ3v) is 4.22. The lowest BCUT2D eigenvalue weighted by Gasteiger charge is -2.34. The number of pyridine rings is 1. The Morgan fingerprint density at radius 1 is 1.24 bits per heavy atom. The van der Waals surface area contributed by atoms with Crippen molar-refractivity contribution in [2.45, 2.75) is 54.0 Å². The van der Waals surface area contributed by atoms with E-state index in [2.05, 4.69) is 68.0 Å². The van der Waals surface area contributed by atoms with Gasteiger partial charge in [0.05, 0.1) is 5.69 Å². The molecule has 0 spiro atoms. The Balaban J connectivity index is 2.61. The molecule has 1 atom stereocenters. The molecule has 1 N–H and O–H groups in total. The summed E-state index contributed by atoms with van der Waals surface area (Å²) in [6.45, 7) is 16.5. The number of hydrogen-bond donors (Lipinski definition) is 1. The van der Waals surface area contributed by atoms with Crippen LogP contribution in [0.5, 0.6) is 0 Å². The van der Waals surface area contributed by atoms with Crippen LogP contribution in [0.3, 0.4) is 0 Å². The minimum atomic E-state index is 0.328. The highest BCUT2D eigenvalue weighted by Gasteiger charge is 2.24. The van der Waals surface area contributed by atoms with Crippen LogP contribution >= 0.6 is 0 Å². The van der Waals surface area contributed by atoms with Gasteiger partial charge < -0.3 is 5.32 Å². The zero-order valence-electron chi connectivity index (χ0n) is 14.6. The second-order valence-electron chi connectivity index (χ2n) is 6.41.